The van der Waals surface area contributed by atoms with Crippen molar-refractivity contribution in [3.63, 3.8) is 0 Å². The third-order valence-electron chi connectivity index (χ3n) is 3.47. The maximum Gasteiger partial charge on any atom is 0.224 e. The summed E-state index contributed by atoms with van der Waals surface area (Å²) in [6.45, 7) is 0.565. The number of amides is 1. The molecule has 0 spiro atoms. The van der Waals surface area contributed by atoms with E-state index in [-0.39, 0.29) is 5.91 Å². The largest absolute Gasteiger partial charge is 0.378 e. The monoisotopic (exact) mass is 314 g/mol. The van der Waals surface area contributed by atoms with Crippen LogP contribution in [0.25, 0.3) is 0 Å². The number of anilines is 1. The molecule has 0 aliphatic rings. The van der Waals surface area contributed by atoms with E-state index in [1.54, 1.807) is 11.8 Å². The van der Waals surface area contributed by atoms with Crippen molar-refractivity contribution >= 4 is 23.4 Å². The average molecular weight is 314 g/mol. The highest BCUT2D eigenvalue weighted by atomic mass is 32.2. The third-order valence-corrected chi connectivity index (χ3v) is 4.21. The van der Waals surface area contributed by atoms with E-state index in [4.69, 9.17) is 0 Å². The summed E-state index contributed by atoms with van der Waals surface area (Å²) in [7, 11) is 4.03. The van der Waals surface area contributed by atoms with Crippen molar-refractivity contribution < 1.29 is 4.79 Å². The Hall–Kier alpha value is -1.94. The molecule has 0 saturated heterocycles. The van der Waals surface area contributed by atoms with Crippen molar-refractivity contribution in [2.45, 2.75) is 17.9 Å². The summed E-state index contributed by atoms with van der Waals surface area (Å²) in [5, 5.41) is 2.97. The number of rotatable bonds is 6. The molecule has 0 radical (unpaired) electrons. The molecule has 0 atom stereocenters. The lowest BCUT2D eigenvalue weighted by Gasteiger charge is -2.13. The second kappa shape index (κ2) is 7.90. The van der Waals surface area contributed by atoms with Gasteiger partial charge in [0.15, 0.2) is 0 Å². The standard InChI is InChI=1S/C18H22N2OS/c1-20(2)16-8-4-15(5-9-16)13-19-18(21)12-14-6-10-17(22-3)11-7-14/h4-11H,12-13H2,1-3H3,(H,19,21). The molecule has 0 fully saturated rings. The van der Waals surface area contributed by atoms with Crippen molar-refractivity contribution in [1.29, 1.82) is 0 Å². The highest BCUT2D eigenvalue weighted by molar-refractivity contribution is 7.98. The first-order valence-corrected chi connectivity index (χ1v) is 8.47. The van der Waals surface area contributed by atoms with E-state index in [1.165, 1.54) is 4.90 Å². The number of carbonyl (C=O) groups is 1. The Morgan fingerprint density at radius 1 is 1.00 bits per heavy atom. The molecule has 0 bridgehead atoms. The van der Waals surface area contributed by atoms with E-state index in [0.717, 1.165) is 16.8 Å². The number of benzene rings is 2. The molecule has 1 N–H and O–H groups in total. The summed E-state index contributed by atoms with van der Waals surface area (Å²) in [6.07, 6.45) is 2.47. The van der Waals surface area contributed by atoms with Gasteiger partial charge in [0.1, 0.15) is 0 Å². The van der Waals surface area contributed by atoms with Crippen LogP contribution in [0.4, 0.5) is 5.69 Å². The summed E-state index contributed by atoms with van der Waals surface area (Å²) in [5.74, 6) is 0.0496. The zero-order valence-electron chi connectivity index (χ0n) is 13.3. The minimum absolute atomic E-state index is 0.0496. The summed E-state index contributed by atoms with van der Waals surface area (Å²) in [4.78, 5) is 15.3. The molecule has 0 saturated carbocycles. The molecule has 0 aliphatic carbocycles. The average Bonchev–Trinajstić information content (AvgIpc) is 2.54. The number of carbonyl (C=O) groups excluding carboxylic acids is 1. The SMILES string of the molecule is CSc1ccc(CC(=O)NCc2ccc(N(C)C)cc2)cc1. The van der Waals surface area contributed by atoms with Crippen LogP contribution in [-0.2, 0) is 17.8 Å². The fraction of sp³-hybridized carbons (Fsp3) is 0.278. The van der Waals surface area contributed by atoms with Crippen LogP contribution >= 0.6 is 11.8 Å². The highest BCUT2D eigenvalue weighted by Gasteiger charge is 2.04. The lowest BCUT2D eigenvalue weighted by Crippen LogP contribution is -2.24. The summed E-state index contributed by atoms with van der Waals surface area (Å²) < 4.78 is 0. The highest BCUT2D eigenvalue weighted by Crippen LogP contribution is 2.15. The fourth-order valence-corrected chi connectivity index (χ4v) is 2.51. The molecule has 2 rings (SSSR count). The molecule has 2 aromatic carbocycles. The van der Waals surface area contributed by atoms with Gasteiger partial charge < -0.3 is 10.2 Å². The Bertz CT molecular complexity index is 606. The van der Waals surface area contributed by atoms with Gasteiger partial charge in [-0.3, -0.25) is 4.79 Å². The number of hydrogen-bond donors (Lipinski definition) is 1. The molecular weight excluding hydrogens is 292 g/mol. The van der Waals surface area contributed by atoms with Gasteiger partial charge in [-0.1, -0.05) is 24.3 Å². The van der Waals surface area contributed by atoms with E-state index in [9.17, 15) is 4.79 Å². The minimum Gasteiger partial charge on any atom is -0.378 e. The smallest absolute Gasteiger partial charge is 0.224 e. The van der Waals surface area contributed by atoms with Gasteiger partial charge in [-0.05, 0) is 41.6 Å². The maximum absolute atomic E-state index is 12.0. The Labute approximate surface area is 136 Å². The molecule has 0 aromatic heterocycles. The lowest BCUT2D eigenvalue weighted by molar-refractivity contribution is -0.120. The van der Waals surface area contributed by atoms with E-state index in [2.05, 4.69) is 22.3 Å². The first-order chi connectivity index (χ1) is 10.6. The van der Waals surface area contributed by atoms with Crippen LogP contribution in [0.15, 0.2) is 53.4 Å². The Kier molecular flexibility index (Phi) is 5.90. The van der Waals surface area contributed by atoms with Crippen LogP contribution in [0, 0.1) is 0 Å². The predicted molar refractivity (Wildman–Crippen MR) is 94.5 cm³/mol. The predicted octanol–water partition coefficient (Wildman–Crippen LogP) is 3.33. The van der Waals surface area contributed by atoms with Gasteiger partial charge in [0.2, 0.25) is 5.91 Å². The minimum atomic E-state index is 0.0496. The van der Waals surface area contributed by atoms with E-state index >= 15 is 0 Å². The first-order valence-electron chi connectivity index (χ1n) is 7.24. The van der Waals surface area contributed by atoms with Gasteiger partial charge in [0, 0.05) is 31.2 Å². The number of nitrogens with one attached hydrogen (secondary N) is 1. The normalized spacial score (nSPS) is 10.3. The van der Waals surface area contributed by atoms with Gasteiger partial charge in [0.25, 0.3) is 0 Å². The van der Waals surface area contributed by atoms with Crippen LogP contribution < -0.4 is 10.2 Å². The number of thioether (sulfide) groups is 1. The van der Waals surface area contributed by atoms with Crippen LogP contribution in [0.3, 0.4) is 0 Å². The summed E-state index contributed by atoms with van der Waals surface area (Å²) in [5.41, 5.74) is 3.30. The van der Waals surface area contributed by atoms with E-state index < -0.39 is 0 Å². The van der Waals surface area contributed by atoms with Crippen molar-refractivity contribution in [1.82, 2.24) is 5.32 Å². The molecular formula is C18H22N2OS. The Morgan fingerprint density at radius 2 is 1.59 bits per heavy atom. The van der Waals surface area contributed by atoms with Crippen LogP contribution in [0.5, 0.6) is 0 Å². The van der Waals surface area contributed by atoms with Crippen molar-refractivity contribution in [2.24, 2.45) is 0 Å². The molecule has 0 heterocycles. The van der Waals surface area contributed by atoms with Crippen LogP contribution in [0.2, 0.25) is 0 Å². The maximum atomic E-state index is 12.0. The quantitative estimate of drug-likeness (QED) is 0.830. The van der Waals surface area contributed by atoms with Crippen molar-refractivity contribution in [2.75, 3.05) is 25.3 Å². The topological polar surface area (TPSA) is 32.3 Å². The first kappa shape index (κ1) is 16.4. The molecule has 0 aliphatic heterocycles. The Balaban J connectivity index is 1.84. The van der Waals surface area contributed by atoms with Crippen LogP contribution in [-0.4, -0.2) is 26.3 Å². The van der Waals surface area contributed by atoms with Gasteiger partial charge in [0.05, 0.1) is 6.42 Å². The second-order valence-electron chi connectivity index (χ2n) is 5.36. The molecule has 2 aromatic rings. The fourth-order valence-electron chi connectivity index (χ4n) is 2.10. The zero-order valence-corrected chi connectivity index (χ0v) is 14.1. The molecule has 4 heteroatoms. The summed E-state index contributed by atoms with van der Waals surface area (Å²) >= 11 is 1.70. The summed E-state index contributed by atoms with van der Waals surface area (Å²) in [6, 6.07) is 16.3. The van der Waals surface area contributed by atoms with Crippen molar-refractivity contribution in [3.8, 4) is 0 Å². The van der Waals surface area contributed by atoms with Gasteiger partial charge in [-0.15, -0.1) is 11.8 Å². The van der Waals surface area contributed by atoms with Crippen molar-refractivity contribution in [3.05, 3.63) is 59.7 Å². The molecule has 116 valence electrons. The molecule has 3 nitrogen and oxygen atoms in total. The third kappa shape index (κ3) is 4.81. The number of hydrogen-bond acceptors (Lipinski definition) is 3. The molecule has 22 heavy (non-hydrogen) atoms. The van der Waals surface area contributed by atoms with Gasteiger partial charge in [-0.2, -0.15) is 0 Å². The van der Waals surface area contributed by atoms with Gasteiger partial charge >= 0.3 is 0 Å². The molecule has 0 unspecified atom stereocenters. The zero-order chi connectivity index (χ0) is 15.9. The van der Waals surface area contributed by atoms with Crippen LogP contribution in [0.1, 0.15) is 11.1 Å². The molecule has 1 amide bonds. The number of nitrogens with zero attached hydrogens (tertiary/aromatic N) is 1. The van der Waals surface area contributed by atoms with Gasteiger partial charge in [-0.25, -0.2) is 0 Å². The second-order valence-corrected chi connectivity index (χ2v) is 6.24. The van der Waals surface area contributed by atoms with E-state index in [0.29, 0.717) is 13.0 Å². The van der Waals surface area contributed by atoms with E-state index in [1.807, 2.05) is 56.7 Å². The lowest BCUT2D eigenvalue weighted by atomic mass is 10.1. The Morgan fingerprint density at radius 3 is 2.14 bits per heavy atom.